The van der Waals surface area contributed by atoms with Crippen LogP contribution in [0.4, 0.5) is 5.69 Å². The van der Waals surface area contributed by atoms with Crippen molar-refractivity contribution in [2.24, 2.45) is 0 Å². The minimum absolute atomic E-state index is 0.00649. The fraction of sp³-hybridized carbons (Fsp3) is 0.100. The fourth-order valence-electron chi connectivity index (χ4n) is 2.90. The summed E-state index contributed by atoms with van der Waals surface area (Å²) in [6, 6.07) is 17.8. The number of benzene rings is 2. The van der Waals surface area contributed by atoms with Crippen LogP contribution in [-0.2, 0) is 11.3 Å². The van der Waals surface area contributed by atoms with E-state index in [0.717, 1.165) is 16.6 Å². The number of imidazole rings is 1. The largest absolute Gasteiger partial charge is 0.325 e. The lowest BCUT2D eigenvalue weighted by Crippen LogP contribution is -2.27. The molecule has 3 N–H and O–H groups in total. The zero-order valence-corrected chi connectivity index (χ0v) is 16.0. The maximum atomic E-state index is 12.3. The molecule has 4 aromatic rings. The Morgan fingerprint density at radius 2 is 1.83 bits per heavy atom. The summed E-state index contributed by atoms with van der Waals surface area (Å²) in [5.74, 6) is -0.303. The number of fused-ring (bicyclic) bond motifs is 1. The summed E-state index contributed by atoms with van der Waals surface area (Å²) in [7, 11) is 0. The number of hydrogen-bond donors (Lipinski definition) is 3. The van der Waals surface area contributed by atoms with Crippen LogP contribution in [0.25, 0.3) is 11.0 Å². The fourth-order valence-corrected chi connectivity index (χ4v) is 3.72. The average Bonchev–Trinajstić information content (AvgIpc) is 3.07. The van der Waals surface area contributed by atoms with E-state index < -0.39 is 11.2 Å². The summed E-state index contributed by atoms with van der Waals surface area (Å²) in [5, 5.41) is 3.21. The normalized spacial score (nSPS) is 10.9. The number of rotatable bonds is 6. The molecule has 0 spiro atoms. The van der Waals surface area contributed by atoms with Crippen LogP contribution in [0.1, 0.15) is 5.56 Å². The van der Waals surface area contributed by atoms with Gasteiger partial charge < -0.3 is 14.9 Å². The van der Waals surface area contributed by atoms with Crippen molar-refractivity contribution in [3.63, 3.8) is 0 Å². The van der Waals surface area contributed by atoms with Crippen molar-refractivity contribution in [1.29, 1.82) is 0 Å². The Labute approximate surface area is 169 Å². The van der Waals surface area contributed by atoms with Gasteiger partial charge in [-0.2, -0.15) is 0 Å². The van der Waals surface area contributed by atoms with Crippen LogP contribution >= 0.6 is 11.8 Å². The number of nitrogens with one attached hydrogen (secondary N) is 3. The second-order valence-corrected chi connectivity index (χ2v) is 7.22. The van der Waals surface area contributed by atoms with E-state index in [1.807, 2.05) is 54.6 Å². The Morgan fingerprint density at radius 1 is 1.07 bits per heavy atom. The highest BCUT2D eigenvalue weighted by Gasteiger charge is 2.14. The summed E-state index contributed by atoms with van der Waals surface area (Å²) >= 11 is 1.28. The molecule has 8 nitrogen and oxygen atoms in total. The minimum atomic E-state index is -0.650. The molecular weight excluding hydrogens is 390 g/mol. The lowest BCUT2D eigenvalue weighted by atomic mass is 10.2. The summed E-state index contributed by atoms with van der Waals surface area (Å²) in [4.78, 5) is 44.1. The Hall–Kier alpha value is -3.59. The van der Waals surface area contributed by atoms with Gasteiger partial charge in [0.1, 0.15) is 5.69 Å². The third-order valence-corrected chi connectivity index (χ3v) is 5.21. The van der Waals surface area contributed by atoms with E-state index in [0.29, 0.717) is 11.7 Å². The van der Waals surface area contributed by atoms with Gasteiger partial charge in [0.05, 0.1) is 23.3 Å². The number of aromatic amines is 2. The molecule has 29 heavy (non-hydrogen) atoms. The van der Waals surface area contributed by atoms with Crippen molar-refractivity contribution in [2.75, 3.05) is 11.1 Å². The average molecular weight is 407 g/mol. The first-order valence-electron chi connectivity index (χ1n) is 8.84. The molecule has 9 heteroatoms. The molecule has 4 rings (SSSR count). The number of hydrogen-bond acceptors (Lipinski definition) is 5. The van der Waals surface area contributed by atoms with Gasteiger partial charge in [0.2, 0.25) is 5.91 Å². The minimum Gasteiger partial charge on any atom is -0.320 e. The van der Waals surface area contributed by atoms with Crippen molar-refractivity contribution >= 4 is 34.4 Å². The van der Waals surface area contributed by atoms with E-state index in [9.17, 15) is 14.4 Å². The highest BCUT2D eigenvalue weighted by atomic mass is 32.2. The zero-order valence-electron chi connectivity index (χ0n) is 15.2. The Morgan fingerprint density at radius 3 is 2.62 bits per heavy atom. The quantitative estimate of drug-likeness (QED) is 0.424. The summed E-state index contributed by atoms with van der Waals surface area (Å²) < 4.78 is 2.06. The second kappa shape index (κ2) is 8.19. The molecule has 0 bridgehead atoms. The van der Waals surface area contributed by atoms with Crippen molar-refractivity contribution in [2.45, 2.75) is 11.7 Å². The first-order valence-corrected chi connectivity index (χ1v) is 9.82. The molecule has 0 radical (unpaired) electrons. The smallest absolute Gasteiger partial charge is 0.320 e. The molecule has 0 fully saturated rings. The molecule has 146 valence electrons. The molecule has 0 aliphatic heterocycles. The van der Waals surface area contributed by atoms with Gasteiger partial charge in [0, 0.05) is 6.20 Å². The SMILES string of the molecule is O=C(CSc1nc2ccccc2n1Cc1ccccc1)Nc1c[nH]c(=O)[nH]c1=O. The van der Waals surface area contributed by atoms with Crippen molar-refractivity contribution < 1.29 is 4.79 Å². The molecule has 0 unspecified atom stereocenters. The maximum absolute atomic E-state index is 12.3. The monoisotopic (exact) mass is 407 g/mol. The number of carbonyl (C=O) groups is 1. The van der Waals surface area contributed by atoms with Gasteiger partial charge >= 0.3 is 5.69 Å². The number of nitrogens with zero attached hydrogens (tertiary/aromatic N) is 2. The number of amides is 1. The maximum Gasteiger partial charge on any atom is 0.325 e. The second-order valence-electron chi connectivity index (χ2n) is 6.28. The van der Waals surface area contributed by atoms with Crippen LogP contribution in [0.2, 0.25) is 0 Å². The number of carbonyl (C=O) groups excluding carboxylic acids is 1. The molecule has 0 aliphatic carbocycles. The van der Waals surface area contributed by atoms with Crippen LogP contribution in [0.15, 0.2) is 75.5 Å². The predicted molar refractivity (Wildman–Crippen MR) is 112 cm³/mol. The Bertz CT molecular complexity index is 1280. The number of aromatic nitrogens is 4. The third kappa shape index (κ3) is 4.30. The van der Waals surface area contributed by atoms with Crippen LogP contribution in [0.3, 0.4) is 0 Å². The van der Waals surface area contributed by atoms with Gasteiger partial charge in [-0.25, -0.2) is 9.78 Å². The molecule has 1 amide bonds. The summed E-state index contributed by atoms with van der Waals surface area (Å²) in [6.45, 7) is 0.630. The van der Waals surface area contributed by atoms with Crippen molar-refractivity contribution in [1.82, 2.24) is 19.5 Å². The van der Waals surface area contributed by atoms with Gasteiger partial charge in [0.15, 0.2) is 5.16 Å². The van der Waals surface area contributed by atoms with E-state index in [1.165, 1.54) is 18.0 Å². The molecule has 0 aliphatic rings. The highest BCUT2D eigenvalue weighted by molar-refractivity contribution is 7.99. The molecule has 2 heterocycles. The van der Waals surface area contributed by atoms with Gasteiger partial charge in [-0.1, -0.05) is 54.2 Å². The highest BCUT2D eigenvalue weighted by Crippen LogP contribution is 2.25. The van der Waals surface area contributed by atoms with Crippen LogP contribution in [0.5, 0.6) is 0 Å². The van der Waals surface area contributed by atoms with Crippen LogP contribution in [0, 0.1) is 0 Å². The Kier molecular flexibility index (Phi) is 5.30. The van der Waals surface area contributed by atoms with E-state index in [2.05, 4.69) is 24.8 Å². The number of H-pyrrole nitrogens is 2. The third-order valence-electron chi connectivity index (χ3n) is 4.23. The summed E-state index contributed by atoms with van der Waals surface area (Å²) in [5.41, 5.74) is 1.68. The lowest BCUT2D eigenvalue weighted by molar-refractivity contribution is -0.113. The molecule has 0 saturated carbocycles. The number of anilines is 1. The van der Waals surface area contributed by atoms with Gasteiger partial charge in [-0.05, 0) is 17.7 Å². The number of thioether (sulfide) groups is 1. The Balaban J connectivity index is 1.54. The molecule has 0 saturated heterocycles. The first-order chi connectivity index (χ1) is 14.1. The van der Waals surface area contributed by atoms with Crippen molar-refractivity contribution in [3.8, 4) is 0 Å². The van der Waals surface area contributed by atoms with Crippen LogP contribution in [-0.4, -0.2) is 31.2 Å². The zero-order chi connectivity index (χ0) is 20.2. The molecule has 2 aromatic heterocycles. The van der Waals surface area contributed by atoms with E-state index in [-0.39, 0.29) is 17.3 Å². The van der Waals surface area contributed by atoms with E-state index in [1.54, 1.807) is 0 Å². The topological polar surface area (TPSA) is 113 Å². The van der Waals surface area contributed by atoms with Crippen LogP contribution < -0.4 is 16.6 Å². The first kappa shape index (κ1) is 18.8. The van der Waals surface area contributed by atoms with E-state index >= 15 is 0 Å². The van der Waals surface area contributed by atoms with Gasteiger partial charge in [0.25, 0.3) is 5.56 Å². The van der Waals surface area contributed by atoms with Gasteiger partial charge in [-0.15, -0.1) is 0 Å². The lowest BCUT2D eigenvalue weighted by Gasteiger charge is -2.09. The van der Waals surface area contributed by atoms with Gasteiger partial charge in [-0.3, -0.25) is 14.6 Å². The molecule has 2 aromatic carbocycles. The van der Waals surface area contributed by atoms with Crippen molar-refractivity contribution in [3.05, 3.63) is 87.2 Å². The standard InChI is InChI=1S/C20H17N5O3S/c26-17(22-15-10-21-19(28)24-18(15)27)12-29-20-23-14-8-4-5-9-16(14)25(20)11-13-6-2-1-3-7-13/h1-10H,11-12H2,(H,22,26)(H2,21,24,27,28). The predicted octanol–water partition coefficient (Wildman–Crippen LogP) is 2.19. The molecule has 0 atom stereocenters. The number of para-hydroxylation sites is 2. The summed E-state index contributed by atoms with van der Waals surface area (Å²) in [6.07, 6.45) is 1.17. The van der Waals surface area contributed by atoms with E-state index in [4.69, 9.17) is 0 Å². The molecular formula is C20H17N5O3S.